The SMILES string of the molecule is Cc1cc(C(=O)NCc2cc3ccccc3o2)c(C)n1Cc1ccccn1. The second-order valence-corrected chi connectivity index (χ2v) is 6.63. The molecule has 0 spiro atoms. The zero-order valence-electron chi connectivity index (χ0n) is 15.4. The minimum absolute atomic E-state index is 0.101. The number of hydrogen-bond donors (Lipinski definition) is 1. The highest BCUT2D eigenvalue weighted by atomic mass is 16.3. The summed E-state index contributed by atoms with van der Waals surface area (Å²) in [5, 5.41) is 4.00. The van der Waals surface area contributed by atoms with Crippen LogP contribution in [0, 0.1) is 13.8 Å². The van der Waals surface area contributed by atoms with Gasteiger partial charge in [-0.25, -0.2) is 0 Å². The van der Waals surface area contributed by atoms with Crippen LogP contribution in [0.15, 0.2) is 65.2 Å². The molecule has 0 saturated heterocycles. The lowest BCUT2D eigenvalue weighted by atomic mass is 10.2. The molecule has 1 N–H and O–H groups in total. The predicted molar refractivity (Wildman–Crippen MR) is 105 cm³/mol. The first-order valence-electron chi connectivity index (χ1n) is 8.94. The maximum atomic E-state index is 12.7. The van der Waals surface area contributed by atoms with Crippen molar-refractivity contribution in [3.63, 3.8) is 0 Å². The van der Waals surface area contributed by atoms with Gasteiger partial charge in [0, 0.05) is 23.0 Å². The maximum absolute atomic E-state index is 12.7. The molecule has 3 aromatic heterocycles. The number of amides is 1. The first-order valence-corrected chi connectivity index (χ1v) is 8.94. The van der Waals surface area contributed by atoms with E-state index in [2.05, 4.69) is 14.9 Å². The summed E-state index contributed by atoms with van der Waals surface area (Å²) >= 11 is 0. The molecule has 0 aliphatic heterocycles. The second-order valence-electron chi connectivity index (χ2n) is 6.63. The van der Waals surface area contributed by atoms with Crippen LogP contribution in [0.25, 0.3) is 11.0 Å². The van der Waals surface area contributed by atoms with E-state index in [1.165, 1.54) is 0 Å². The largest absolute Gasteiger partial charge is 0.459 e. The van der Waals surface area contributed by atoms with Gasteiger partial charge >= 0.3 is 0 Å². The molecular weight excluding hydrogens is 338 g/mol. The van der Waals surface area contributed by atoms with Crippen molar-refractivity contribution in [3.8, 4) is 0 Å². The molecule has 136 valence electrons. The van der Waals surface area contributed by atoms with Crippen molar-refractivity contribution in [1.82, 2.24) is 14.9 Å². The fourth-order valence-corrected chi connectivity index (χ4v) is 3.31. The fraction of sp³-hybridized carbons (Fsp3) is 0.182. The van der Waals surface area contributed by atoms with Crippen LogP contribution < -0.4 is 5.32 Å². The number of para-hydroxylation sites is 1. The maximum Gasteiger partial charge on any atom is 0.253 e. The Labute approximate surface area is 157 Å². The molecule has 0 saturated carbocycles. The number of pyridine rings is 1. The molecule has 5 heteroatoms. The van der Waals surface area contributed by atoms with Crippen LogP contribution in [0.2, 0.25) is 0 Å². The quantitative estimate of drug-likeness (QED) is 0.580. The molecule has 0 aliphatic carbocycles. The molecular formula is C22H21N3O2. The average Bonchev–Trinajstić information content (AvgIpc) is 3.22. The molecule has 5 nitrogen and oxygen atoms in total. The summed E-state index contributed by atoms with van der Waals surface area (Å²) in [6.45, 7) is 4.98. The number of hydrogen-bond acceptors (Lipinski definition) is 3. The molecule has 1 aromatic carbocycles. The monoisotopic (exact) mass is 359 g/mol. The molecule has 27 heavy (non-hydrogen) atoms. The summed E-state index contributed by atoms with van der Waals surface area (Å²) in [5.41, 5.74) is 4.44. The summed E-state index contributed by atoms with van der Waals surface area (Å²) < 4.78 is 7.87. The third kappa shape index (κ3) is 3.49. The number of nitrogens with zero attached hydrogens (tertiary/aromatic N) is 2. The minimum Gasteiger partial charge on any atom is -0.459 e. The molecule has 0 unspecified atom stereocenters. The average molecular weight is 359 g/mol. The fourth-order valence-electron chi connectivity index (χ4n) is 3.31. The second kappa shape index (κ2) is 7.11. The molecule has 3 heterocycles. The van der Waals surface area contributed by atoms with Crippen LogP contribution in [0.1, 0.15) is 33.2 Å². The zero-order valence-corrected chi connectivity index (χ0v) is 15.4. The van der Waals surface area contributed by atoms with Crippen LogP contribution in [0.5, 0.6) is 0 Å². The number of aryl methyl sites for hydroxylation is 1. The first kappa shape index (κ1) is 17.1. The summed E-state index contributed by atoms with van der Waals surface area (Å²) in [6, 6.07) is 17.6. The van der Waals surface area contributed by atoms with E-state index in [1.807, 2.05) is 68.4 Å². The lowest BCUT2D eigenvalue weighted by molar-refractivity contribution is 0.0947. The van der Waals surface area contributed by atoms with Crippen molar-refractivity contribution in [1.29, 1.82) is 0 Å². The van der Waals surface area contributed by atoms with E-state index >= 15 is 0 Å². The van der Waals surface area contributed by atoms with Gasteiger partial charge in [0.05, 0.1) is 24.3 Å². The van der Waals surface area contributed by atoms with Crippen LogP contribution in [0.3, 0.4) is 0 Å². The Bertz CT molecular complexity index is 1060. The molecule has 1 amide bonds. The topological polar surface area (TPSA) is 60.1 Å². The highest BCUT2D eigenvalue weighted by Gasteiger charge is 2.16. The number of carbonyl (C=O) groups excluding carboxylic acids is 1. The van der Waals surface area contributed by atoms with Crippen LogP contribution in [-0.4, -0.2) is 15.5 Å². The van der Waals surface area contributed by atoms with Crippen LogP contribution >= 0.6 is 0 Å². The van der Waals surface area contributed by atoms with E-state index in [-0.39, 0.29) is 5.91 Å². The molecule has 0 aliphatic rings. The molecule has 0 radical (unpaired) electrons. The van der Waals surface area contributed by atoms with Crippen LogP contribution in [0.4, 0.5) is 0 Å². The highest BCUT2D eigenvalue weighted by molar-refractivity contribution is 5.95. The number of carbonyl (C=O) groups is 1. The number of aromatic nitrogens is 2. The van der Waals surface area contributed by atoms with Gasteiger partial charge in [0.15, 0.2) is 0 Å². The molecule has 0 atom stereocenters. The summed E-state index contributed by atoms with van der Waals surface area (Å²) in [4.78, 5) is 17.1. The van der Waals surface area contributed by atoms with E-state index in [4.69, 9.17) is 4.42 Å². The van der Waals surface area contributed by atoms with Gasteiger partial charge in [-0.2, -0.15) is 0 Å². The van der Waals surface area contributed by atoms with Crippen molar-refractivity contribution < 1.29 is 9.21 Å². The van der Waals surface area contributed by atoms with Gasteiger partial charge in [0.1, 0.15) is 11.3 Å². The number of benzene rings is 1. The number of nitrogens with one attached hydrogen (secondary N) is 1. The Balaban J connectivity index is 1.49. The molecule has 0 fully saturated rings. The Hall–Kier alpha value is -3.34. The van der Waals surface area contributed by atoms with Gasteiger partial charge in [-0.15, -0.1) is 0 Å². The Morgan fingerprint density at radius 3 is 2.70 bits per heavy atom. The van der Waals surface area contributed by atoms with Crippen molar-refractivity contribution in [3.05, 3.63) is 89.2 Å². The number of fused-ring (bicyclic) bond motifs is 1. The normalized spacial score (nSPS) is 11.0. The smallest absolute Gasteiger partial charge is 0.253 e. The van der Waals surface area contributed by atoms with Gasteiger partial charge < -0.3 is 14.3 Å². The molecule has 4 aromatic rings. The summed E-state index contributed by atoms with van der Waals surface area (Å²) in [6.07, 6.45) is 1.78. The minimum atomic E-state index is -0.101. The van der Waals surface area contributed by atoms with E-state index in [0.29, 0.717) is 18.7 Å². The third-order valence-electron chi connectivity index (χ3n) is 4.76. The van der Waals surface area contributed by atoms with Crippen molar-refractivity contribution >= 4 is 16.9 Å². The van der Waals surface area contributed by atoms with Gasteiger partial charge in [-0.1, -0.05) is 24.3 Å². The Morgan fingerprint density at radius 1 is 1.11 bits per heavy atom. The zero-order chi connectivity index (χ0) is 18.8. The van der Waals surface area contributed by atoms with Crippen molar-refractivity contribution in [2.24, 2.45) is 0 Å². The molecule has 4 rings (SSSR count). The molecule has 0 bridgehead atoms. The van der Waals surface area contributed by atoms with E-state index in [0.717, 1.165) is 33.8 Å². The lowest BCUT2D eigenvalue weighted by Crippen LogP contribution is -2.23. The standard InChI is InChI=1S/C22H21N3O2/c1-15-11-20(16(2)25(15)14-18-8-5-6-10-23-18)22(26)24-13-19-12-17-7-3-4-9-21(17)27-19/h3-12H,13-14H2,1-2H3,(H,24,26). The van der Waals surface area contributed by atoms with Gasteiger partial charge in [-0.05, 0) is 44.2 Å². The Kier molecular flexibility index (Phi) is 4.50. The van der Waals surface area contributed by atoms with Gasteiger partial charge in [-0.3, -0.25) is 9.78 Å². The van der Waals surface area contributed by atoms with Crippen LogP contribution in [-0.2, 0) is 13.1 Å². The number of furan rings is 1. The third-order valence-corrected chi connectivity index (χ3v) is 4.76. The summed E-state index contributed by atoms with van der Waals surface area (Å²) in [5.74, 6) is 0.641. The highest BCUT2D eigenvalue weighted by Crippen LogP contribution is 2.20. The van der Waals surface area contributed by atoms with Gasteiger partial charge in [0.2, 0.25) is 0 Å². The lowest BCUT2D eigenvalue weighted by Gasteiger charge is -2.09. The van der Waals surface area contributed by atoms with Crippen molar-refractivity contribution in [2.75, 3.05) is 0 Å². The van der Waals surface area contributed by atoms with Gasteiger partial charge in [0.25, 0.3) is 5.91 Å². The first-order chi connectivity index (χ1) is 13.1. The number of rotatable bonds is 5. The Morgan fingerprint density at radius 2 is 1.93 bits per heavy atom. The van der Waals surface area contributed by atoms with E-state index in [9.17, 15) is 4.79 Å². The van der Waals surface area contributed by atoms with E-state index in [1.54, 1.807) is 6.20 Å². The summed E-state index contributed by atoms with van der Waals surface area (Å²) in [7, 11) is 0. The predicted octanol–water partition coefficient (Wildman–Crippen LogP) is 4.22. The van der Waals surface area contributed by atoms with E-state index < -0.39 is 0 Å². The van der Waals surface area contributed by atoms with Crippen molar-refractivity contribution in [2.45, 2.75) is 26.9 Å².